The van der Waals surface area contributed by atoms with Crippen LogP contribution in [0.25, 0.3) is 0 Å². The monoisotopic (exact) mass is 363 g/mol. The molecule has 3 rings (SSSR count). The predicted molar refractivity (Wildman–Crippen MR) is 101 cm³/mol. The van der Waals surface area contributed by atoms with Crippen LogP contribution in [0.5, 0.6) is 0 Å². The first-order valence-corrected chi connectivity index (χ1v) is 9.33. The topological polar surface area (TPSA) is 21.6 Å². The highest BCUT2D eigenvalue weighted by Gasteiger charge is 2.31. The van der Waals surface area contributed by atoms with Crippen LogP contribution in [0.3, 0.4) is 0 Å². The first kappa shape index (κ1) is 16.7. The largest absolute Gasteiger partial charge is 0.317 e. The standard InChI is InChI=1S/C18H18ClNOS2/c1-12-4-7-14(8-5-12)23-21-20-16-11-18(2,3)22-17-9-6-13(19)10-15(16)17/h4-10H,11H2,1-3H3/b20-16+. The maximum absolute atomic E-state index is 6.15. The van der Waals surface area contributed by atoms with E-state index in [9.17, 15) is 0 Å². The Morgan fingerprint density at radius 3 is 2.65 bits per heavy atom. The minimum absolute atomic E-state index is 0.0948. The fourth-order valence-electron chi connectivity index (χ4n) is 2.43. The zero-order valence-corrected chi connectivity index (χ0v) is 15.7. The lowest BCUT2D eigenvalue weighted by Gasteiger charge is -2.31. The third kappa shape index (κ3) is 4.25. The molecule has 2 nitrogen and oxygen atoms in total. The number of rotatable bonds is 3. The van der Waals surface area contributed by atoms with Crippen LogP contribution >= 0.6 is 35.4 Å². The van der Waals surface area contributed by atoms with E-state index >= 15 is 0 Å². The van der Waals surface area contributed by atoms with Gasteiger partial charge in [0.1, 0.15) is 12.0 Å². The van der Waals surface area contributed by atoms with Crippen molar-refractivity contribution in [1.29, 1.82) is 0 Å². The van der Waals surface area contributed by atoms with E-state index in [1.54, 1.807) is 0 Å². The maximum Gasteiger partial charge on any atom is 0.125 e. The second kappa shape index (κ2) is 6.80. The summed E-state index contributed by atoms with van der Waals surface area (Å²) in [6.07, 6.45) is 0.847. The van der Waals surface area contributed by atoms with Gasteiger partial charge in [0, 0.05) is 26.6 Å². The van der Waals surface area contributed by atoms with E-state index < -0.39 is 0 Å². The Bertz CT molecular complexity index is 741. The van der Waals surface area contributed by atoms with E-state index in [-0.39, 0.29) is 4.75 Å². The molecule has 1 aliphatic heterocycles. The van der Waals surface area contributed by atoms with E-state index in [4.69, 9.17) is 15.9 Å². The maximum atomic E-state index is 6.15. The molecule has 0 fully saturated rings. The zero-order chi connectivity index (χ0) is 16.4. The molecular formula is C18H18ClNOS2. The van der Waals surface area contributed by atoms with Gasteiger partial charge in [0.05, 0.1) is 10.6 Å². The highest BCUT2D eigenvalue weighted by Crippen LogP contribution is 2.43. The molecule has 0 radical (unpaired) electrons. The van der Waals surface area contributed by atoms with E-state index in [2.05, 4.69) is 44.1 Å². The van der Waals surface area contributed by atoms with Gasteiger partial charge in [-0.25, -0.2) is 0 Å². The fraction of sp³-hybridized carbons (Fsp3) is 0.278. The van der Waals surface area contributed by atoms with Crippen molar-refractivity contribution in [2.24, 2.45) is 5.16 Å². The summed E-state index contributed by atoms with van der Waals surface area (Å²) in [7, 11) is 0. The summed E-state index contributed by atoms with van der Waals surface area (Å²) >= 11 is 9.28. The van der Waals surface area contributed by atoms with Crippen LogP contribution < -0.4 is 0 Å². The Kier molecular flexibility index (Phi) is 4.95. The number of benzene rings is 2. The lowest BCUT2D eigenvalue weighted by molar-refractivity contribution is 0.402. The molecule has 0 spiro atoms. The van der Waals surface area contributed by atoms with E-state index in [0.717, 1.165) is 27.6 Å². The molecular weight excluding hydrogens is 346 g/mol. The SMILES string of the molecule is Cc1ccc(SO/N=C2\CC(C)(C)Sc3ccc(Cl)cc32)cc1. The van der Waals surface area contributed by atoms with Crippen LogP contribution in [0.1, 0.15) is 31.4 Å². The van der Waals surface area contributed by atoms with Crippen LogP contribution in [0.2, 0.25) is 5.02 Å². The molecule has 1 aliphatic rings. The Labute approximate surface area is 150 Å². The molecule has 0 aromatic heterocycles. The fourth-order valence-corrected chi connectivity index (χ4v) is 4.29. The van der Waals surface area contributed by atoms with Crippen molar-refractivity contribution >= 4 is 41.1 Å². The third-order valence-corrected chi connectivity index (χ3v) is 5.66. The molecule has 2 aromatic rings. The van der Waals surface area contributed by atoms with Crippen LogP contribution in [-0.4, -0.2) is 10.5 Å². The van der Waals surface area contributed by atoms with Crippen LogP contribution in [0.4, 0.5) is 0 Å². The number of fused-ring (bicyclic) bond motifs is 1. The molecule has 0 atom stereocenters. The number of oxime groups is 1. The second-order valence-electron chi connectivity index (χ2n) is 6.19. The molecule has 0 aliphatic carbocycles. The van der Waals surface area contributed by atoms with Gasteiger partial charge in [0.15, 0.2) is 0 Å². The number of hydrogen-bond acceptors (Lipinski definition) is 4. The van der Waals surface area contributed by atoms with Gasteiger partial charge in [-0.1, -0.05) is 34.5 Å². The number of nitrogens with zero attached hydrogens (tertiary/aromatic N) is 1. The van der Waals surface area contributed by atoms with Gasteiger partial charge in [-0.2, -0.15) is 0 Å². The van der Waals surface area contributed by atoms with E-state index in [0.29, 0.717) is 0 Å². The highest BCUT2D eigenvalue weighted by atomic mass is 35.5. The van der Waals surface area contributed by atoms with Gasteiger partial charge >= 0.3 is 0 Å². The van der Waals surface area contributed by atoms with Crippen LogP contribution in [0.15, 0.2) is 57.4 Å². The van der Waals surface area contributed by atoms with Gasteiger partial charge in [0.25, 0.3) is 0 Å². The lowest BCUT2D eigenvalue weighted by Crippen LogP contribution is -2.26. The van der Waals surface area contributed by atoms with Gasteiger partial charge in [-0.15, -0.1) is 11.8 Å². The molecule has 2 aromatic carbocycles. The van der Waals surface area contributed by atoms with Crippen molar-refractivity contribution in [3.8, 4) is 0 Å². The molecule has 120 valence electrons. The number of thioether (sulfide) groups is 1. The smallest absolute Gasteiger partial charge is 0.125 e. The molecule has 0 unspecified atom stereocenters. The predicted octanol–water partition coefficient (Wildman–Crippen LogP) is 6.35. The minimum atomic E-state index is 0.0948. The van der Waals surface area contributed by atoms with Gasteiger partial charge in [-0.05, 0) is 51.1 Å². The number of hydrogen-bond donors (Lipinski definition) is 0. The van der Waals surface area contributed by atoms with E-state index in [1.165, 1.54) is 22.5 Å². The molecule has 0 saturated carbocycles. The summed E-state index contributed by atoms with van der Waals surface area (Å²) in [6, 6.07) is 14.2. The molecule has 0 N–H and O–H groups in total. The Balaban J connectivity index is 1.80. The number of halogens is 1. The Morgan fingerprint density at radius 2 is 1.91 bits per heavy atom. The van der Waals surface area contributed by atoms with E-state index in [1.807, 2.05) is 36.0 Å². The van der Waals surface area contributed by atoms with Crippen LogP contribution in [-0.2, 0) is 4.28 Å². The van der Waals surface area contributed by atoms with Gasteiger partial charge in [-0.3, -0.25) is 0 Å². The zero-order valence-electron chi connectivity index (χ0n) is 13.3. The normalized spacial score (nSPS) is 17.8. The lowest BCUT2D eigenvalue weighted by atomic mass is 9.99. The second-order valence-corrected chi connectivity index (χ2v) is 9.16. The average Bonchev–Trinajstić information content (AvgIpc) is 2.49. The molecule has 0 bridgehead atoms. The first-order valence-electron chi connectivity index (χ1n) is 7.39. The quantitative estimate of drug-likeness (QED) is 0.468. The molecule has 23 heavy (non-hydrogen) atoms. The summed E-state index contributed by atoms with van der Waals surface area (Å²) in [5, 5.41) is 5.11. The van der Waals surface area contributed by atoms with Gasteiger partial charge in [0.2, 0.25) is 0 Å². The summed E-state index contributed by atoms with van der Waals surface area (Å²) < 4.78 is 5.64. The highest BCUT2D eigenvalue weighted by molar-refractivity contribution is 8.00. The Hall–Kier alpha value is -1.10. The first-order chi connectivity index (χ1) is 10.9. The van der Waals surface area contributed by atoms with Crippen molar-refractivity contribution in [2.45, 2.75) is 41.7 Å². The summed E-state index contributed by atoms with van der Waals surface area (Å²) in [4.78, 5) is 2.24. The van der Waals surface area contributed by atoms with Crippen molar-refractivity contribution in [2.75, 3.05) is 0 Å². The Morgan fingerprint density at radius 1 is 1.17 bits per heavy atom. The third-order valence-electron chi connectivity index (χ3n) is 3.53. The minimum Gasteiger partial charge on any atom is -0.317 e. The number of aryl methyl sites for hydroxylation is 1. The summed E-state index contributed by atoms with van der Waals surface area (Å²) in [5.41, 5.74) is 3.26. The average molecular weight is 364 g/mol. The molecule has 0 saturated heterocycles. The summed E-state index contributed by atoms with van der Waals surface area (Å²) in [6.45, 7) is 6.51. The van der Waals surface area contributed by atoms with Crippen molar-refractivity contribution < 1.29 is 4.28 Å². The van der Waals surface area contributed by atoms with Crippen molar-refractivity contribution in [3.05, 3.63) is 58.6 Å². The van der Waals surface area contributed by atoms with Crippen LogP contribution in [0, 0.1) is 6.92 Å². The molecule has 1 heterocycles. The summed E-state index contributed by atoms with van der Waals surface area (Å²) in [5.74, 6) is 0. The van der Waals surface area contributed by atoms with Crippen molar-refractivity contribution in [3.63, 3.8) is 0 Å². The van der Waals surface area contributed by atoms with Crippen molar-refractivity contribution in [1.82, 2.24) is 0 Å². The van der Waals surface area contributed by atoms with Gasteiger partial charge < -0.3 is 4.28 Å². The molecule has 5 heteroatoms. The molecule has 0 amide bonds.